The number of fused-ring (bicyclic) bond motifs is 1. The minimum Gasteiger partial charge on any atom is -0.497 e. The van der Waals surface area contributed by atoms with Crippen LogP contribution in [0, 0.1) is 6.92 Å². The molecule has 1 aromatic heterocycles. The number of amides is 2. The Bertz CT molecular complexity index is 794. The molecule has 3 rings (SSSR count). The summed E-state index contributed by atoms with van der Waals surface area (Å²) in [6, 6.07) is 5.05. The summed E-state index contributed by atoms with van der Waals surface area (Å²) >= 11 is 0. The lowest BCUT2D eigenvalue weighted by molar-refractivity contribution is -0.132. The monoisotopic (exact) mass is 330 g/mol. The van der Waals surface area contributed by atoms with Crippen LogP contribution >= 0.6 is 0 Å². The highest BCUT2D eigenvalue weighted by Crippen LogP contribution is 2.31. The highest BCUT2D eigenvalue weighted by Gasteiger charge is 2.37. The third kappa shape index (κ3) is 2.62. The van der Waals surface area contributed by atoms with Crippen LogP contribution in [0.1, 0.15) is 29.0 Å². The van der Waals surface area contributed by atoms with Gasteiger partial charge in [-0.25, -0.2) is 0 Å². The molecular formula is C18H22N2O4. The van der Waals surface area contributed by atoms with E-state index in [1.807, 2.05) is 13.0 Å². The smallest absolute Gasteiger partial charge is 0.290 e. The highest BCUT2D eigenvalue weighted by molar-refractivity contribution is 6.01. The van der Waals surface area contributed by atoms with E-state index >= 15 is 0 Å². The maximum atomic E-state index is 13.0. The van der Waals surface area contributed by atoms with Crippen LogP contribution in [0.3, 0.4) is 0 Å². The molecule has 6 heteroatoms. The Morgan fingerprint density at radius 1 is 1.33 bits per heavy atom. The van der Waals surface area contributed by atoms with Gasteiger partial charge in [0.2, 0.25) is 5.91 Å². The van der Waals surface area contributed by atoms with Crippen molar-refractivity contribution in [3.63, 3.8) is 0 Å². The van der Waals surface area contributed by atoms with E-state index in [0.29, 0.717) is 30.1 Å². The quantitative estimate of drug-likeness (QED) is 0.867. The molecule has 1 aliphatic heterocycles. The third-order valence-corrected chi connectivity index (χ3v) is 4.58. The lowest BCUT2D eigenvalue weighted by Crippen LogP contribution is -2.45. The number of aryl methyl sites for hydroxylation is 1. The average molecular weight is 330 g/mol. The van der Waals surface area contributed by atoms with E-state index < -0.39 is 6.04 Å². The van der Waals surface area contributed by atoms with Crippen LogP contribution < -0.4 is 4.74 Å². The average Bonchev–Trinajstić information content (AvgIpc) is 3.18. The molecule has 1 fully saturated rings. The molecule has 6 nitrogen and oxygen atoms in total. The fourth-order valence-corrected chi connectivity index (χ4v) is 3.23. The number of carbonyl (C=O) groups is 2. The molecule has 1 unspecified atom stereocenters. The number of likely N-dealkylation sites (N-methyl/N-ethyl adjacent to an activating group) is 1. The fourth-order valence-electron chi connectivity index (χ4n) is 3.23. The molecule has 2 heterocycles. The van der Waals surface area contributed by atoms with E-state index in [1.165, 1.54) is 4.90 Å². The van der Waals surface area contributed by atoms with Crippen LogP contribution in [0.4, 0.5) is 0 Å². The number of hydrogen-bond acceptors (Lipinski definition) is 4. The largest absolute Gasteiger partial charge is 0.497 e. The van der Waals surface area contributed by atoms with E-state index in [-0.39, 0.29) is 11.8 Å². The number of nitrogens with zero attached hydrogens (tertiary/aromatic N) is 2. The van der Waals surface area contributed by atoms with Gasteiger partial charge < -0.3 is 19.0 Å². The van der Waals surface area contributed by atoms with Crippen LogP contribution in [-0.2, 0) is 4.79 Å². The summed E-state index contributed by atoms with van der Waals surface area (Å²) in [4.78, 5) is 28.4. The van der Waals surface area contributed by atoms with Gasteiger partial charge in [-0.1, -0.05) is 0 Å². The second-order valence-corrected chi connectivity index (χ2v) is 6.31. The number of benzene rings is 1. The zero-order chi connectivity index (χ0) is 17.4. The molecule has 24 heavy (non-hydrogen) atoms. The molecule has 0 bridgehead atoms. The Balaban J connectivity index is 1.96. The normalized spacial score (nSPS) is 17.3. The lowest BCUT2D eigenvalue weighted by Gasteiger charge is -2.25. The van der Waals surface area contributed by atoms with Crippen LogP contribution in [0.25, 0.3) is 11.0 Å². The molecule has 1 atom stereocenters. The molecular weight excluding hydrogens is 308 g/mol. The van der Waals surface area contributed by atoms with Crippen molar-refractivity contribution in [1.82, 2.24) is 9.80 Å². The number of furan rings is 1. The zero-order valence-corrected chi connectivity index (χ0v) is 14.5. The second kappa shape index (κ2) is 6.19. The number of hydrogen-bond donors (Lipinski definition) is 0. The van der Waals surface area contributed by atoms with Gasteiger partial charge in [-0.2, -0.15) is 0 Å². The van der Waals surface area contributed by atoms with Crippen molar-refractivity contribution in [1.29, 1.82) is 0 Å². The van der Waals surface area contributed by atoms with E-state index in [9.17, 15) is 9.59 Å². The first-order chi connectivity index (χ1) is 11.4. The topological polar surface area (TPSA) is 63.0 Å². The Morgan fingerprint density at radius 3 is 2.75 bits per heavy atom. The molecule has 0 spiro atoms. The summed E-state index contributed by atoms with van der Waals surface area (Å²) in [5.74, 6) is 0.751. The van der Waals surface area contributed by atoms with Gasteiger partial charge in [-0.3, -0.25) is 9.59 Å². The van der Waals surface area contributed by atoms with Crippen molar-refractivity contribution in [3.8, 4) is 5.75 Å². The molecule has 128 valence electrons. The van der Waals surface area contributed by atoms with Crippen molar-refractivity contribution in [2.45, 2.75) is 25.8 Å². The summed E-state index contributed by atoms with van der Waals surface area (Å²) in [6.07, 6.45) is 1.51. The summed E-state index contributed by atoms with van der Waals surface area (Å²) in [6.45, 7) is 2.43. The fraction of sp³-hybridized carbons (Fsp3) is 0.444. The van der Waals surface area contributed by atoms with Crippen molar-refractivity contribution >= 4 is 22.8 Å². The van der Waals surface area contributed by atoms with E-state index in [1.54, 1.807) is 38.2 Å². The first kappa shape index (κ1) is 16.4. The lowest BCUT2D eigenvalue weighted by atomic mass is 10.1. The molecule has 0 radical (unpaired) electrons. The zero-order valence-electron chi connectivity index (χ0n) is 14.5. The predicted molar refractivity (Wildman–Crippen MR) is 90.3 cm³/mol. The van der Waals surface area contributed by atoms with Crippen molar-refractivity contribution in [3.05, 3.63) is 29.5 Å². The molecule has 2 amide bonds. The Labute approximate surface area is 141 Å². The number of rotatable bonds is 3. The molecule has 1 aromatic carbocycles. The van der Waals surface area contributed by atoms with Crippen molar-refractivity contribution in [2.24, 2.45) is 0 Å². The molecule has 0 aliphatic carbocycles. The van der Waals surface area contributed by atoms with Gasteiger partial charge >= 0.3 is 0 Å². The number of likely N-dealkylation sites (tertiary alicyclic amines) is 1. The Kier molecular flexibility index (Phi) is 4.22. The van der Waals surface area contributed by atoms with Gasteiger partial charge in [0.1, 0.15) is 17.4 Å². The maximum absolute atomic E-state index is 13.0. The minimum absolute atomic E-state index is 0.0451. The van der Waals surface area contributed by atoms with Gasteiger partial charge in [0, 0.05) is 31.6 Å². The summed E-state index contributed by atoms with van der Waals surface area (Å²) in [5, 5.41) is 0.854. The summed E-state index contributed by atoms with van der Waals surface area (Å²) < 4.78 is 11.0. The van der Waals surface area contributed by atoms with Gasteiger partial charge in [-0.05, 0) is 38.0 Å². The summed E-state index contributed by atoms with van der Waals surface area (Å²) in [7, 11) is 5.02. The third-order valence-electron chi connectivity index (χ3n) is 4.58. The van der Waals surface area contributed by atoms with Gasteiger partial charge in [0.05, 0.1) is 7.11 Å². The Morgan fingerprint density at radius 2 is 2.08 bits per heavy atom. The first-order valence-corrected chi connectivity index (χ1v) is 8.03. The minimum atomic E-state index is -0.408. The van der Waals surface area contributed by atoms with Gasteiger partial charge in [0.25, 0.3) is 5.91 Å². The molecule has 2 aromatic rings. The highest BCUT2D eigenvalue weighted by atomic mass is 16.5. The number of methoxy groups -OCH3 is 1. The van der Waals surface area contributed by atoms with Crippen LogP contribution in [-0.4, -0.2) is 55.4 Å². The van der Waals surface area contributed by atoms with Crippen LogP contribution in [0.5, 0.6) is 5.75 Å². The van der Waals surface area contributed by atoms with E-state index in [4.69, 9.17) is 9.15 Å². The molecule has 1 saturated heterocycles. The van der Waals surface area contributed by atoms with E-state index in [0.717, 1.165) is 17.4 Å². The van der Waals surface area contributed by atoms with Crippen LogP contribution in [0.15, 0.2) is 22.6 Å². The SMILES string of the molecule is COc1ccc2oc(C(=O)N3CCCC3C(=O)N(C)C)c(C)c2c1. The van der Waals surface area contributed by atoms with Crippen molar-refractivity contribution < 1.29 is 18.7 Å². The molecule has 1 aliphatic rings. The van der Waals surface area contributed by atoms with Gasteiger partial charge in [0.15, 0.2) is 5.76 Å². The van der Waals surface area contributed by atoms with Crippen molar-refractivity contribution in [2.75, 3.05) is 27.7 Å². The standard InChI is InChI=1S/C18H22N2O4/c1-11-13-10-12(23-4)7-8-15(13)24-16(11)18(22)20-9-5-6-14(20)17(21)19(2)3/h7-8,10,14H,5-6,9H2,1-4H3. The van der Waals surface area contributed by atoms with Gasteiger partial charge in [-0.15, -0.1) is 0 Å². The van der Waals surface area contributed by atoms with Crippen LogP contribution in [0.2, 0.25) is 0 Å². The second-order valence-electron chi connectivity index (χ2n) is 6.31. The molecule has 0 saturated carbocycles. The van der Waals surface area contributed by atoms with E-state index in [2.05, 4.69) is 0 Å². The number of carbonyl (C=O) groups excluding carboxylic acids is 2. The maximum Gasteiger partial charge on any atom is 0.290 e. The Hall–Kier alpha value is -2.50. The molecule has 0 N–H and O–H groups in total. The number of ether oxygens (including phenoxy) is 1. The summed E-state index contributed by atoms with van der Waals surface area (Å²) in [5.41, 5.74) is 1.42. The first-order valence-electron chi connectivity index (χ1n) is 8.03. The predicted octanol–water partition coefficient (Wildman–Crippen LogP) is 2.44.